The first-order valence-corrected chi connectivity index (χ1v) is 9.58. The zero-order valence-corrected chi connectivity index (χ0v) is 16.2. The number of halogens is 1. The highest BCUT2D eigenvalue weighted by atomic mass is 79.9. The minimum Gasteiger partial charge on any atom is -0.493 e. The summed E-state index contributed by atoms with van der Waals surface area (Å²) in [5.41, 5.74) is 1.29. The molecule has 2 unspecified atom stereocenters. The average molecular weight is 438 g/mol. The molecule has 2 N–H and O–H groups in total. The topological polar surface area (TPSA) is 84.9 Å². The number of ether oxygens (including phenoxy) is 2. The van der Waals surface area contributed by atoms with Crippen LogP contribution in [0.3, 0.4) is 0 Å². The van der Waals surface area contributed by atoms with Crippen molar-refractivity contribution in [3.63, 3.8) is 0 Å². The van der Waals surface area contributed by atoms with Gasteiger partial charge in [0.15, 0.2) is 11.5 Å². The molecular weight excluding hydrogens is 422 g/mol. The lowest BCUT2D eigenvalue weighted by Gasteiger charge is -2.15. The molecular formula is C18H16BrNO5S. The molecule has 0 saturated carbocycles. The number of carbonyl (C=O) groups is 2. The van der Waals surface area contributed by atoms with Gasteiger partial charge in [0.05, 0.1) is 18.0 Å². The van der Waals surface area contributed by atoms with Gasteiger partial charge >= 0.3 is 11.9 Å². The molecule has 1 aliphatic rings. The van der Waals surface area contributed by atoms with Gasteiger partial charge in [-0.3, -0.25) is 10.1 Å². The number of aliphatic carboxylic acids is 1. The first-order chi connectivity index (χ1) is 12.5. The maximum absolute atomic E-state index is 12.3. The van der Waals surface area contributed by atoms with E-state index in [4.69, 9.17) is 14.6 Å². The molecule has 1 heterocycles. The molecule has 3 rings (SSSR count). The molecule has 0 aromatic heterocycles. The van der Waals surface area contributed by atoms with Crippen LogP contribution in [0.15, 0.2) is 46.9 Å². The van der Waals surface area contributed by atoms with E-state index >= 15 is 0 Å². The number of thioether (sulfide) groups is 1. The second-order valence-electron chi connectivity index (χ2n) is 5.58. The van der Waals surface area contributed by atoms with Crippen molar-refractivity contribution in [1.29, 1.82) is 0 Å². The standard InChI is InChI=1S/C18H16BrNO5S/c1-24-15-8-11(16-20-13(9-26-16)17(21)22)4-7-14(15)25-18(23)10-2-5-12(19)6-3-10/h2-8,13,16,20H,9H2,1H3,(H,21,22). The van der Waals surface area contributed by atoms with E-state index in [0.717, 1.165) is 10.0 Å². The van der Waals surface area contributed by atoms with Crippen molar-refractivity contribution in [1.82, 2.24) is 5.32 Å². The first-order valence-electron chi connectivity index (χ1n) is 7.74. The molecule has 1 fully saturated rings. The molecule has 0 bridgehead atoms. The third-order valence-electron chi connectivity index (χ3n) is 3.85. The average Bonchev–Trinajstić information content (AvgIpc) is 3.13. The van der Waals surface area contributed by atoms with E-state index in [1.54, 1.807) is 42.5 Å². The van der Waals surface area contributed by atoms with Crippen molar-refractivity contribution in [2.24, 2.45) is 0 Å². The maximum atomic E-state index is 12.3. The molecule has 26 heavy (non-hydrogen) atoms. The van der Waals surface area contributed by atoms with E-state index < -0.39 is 18.0 Å². The quantitative estimate of drug-likeness (QED) is 0.546. The van der Waals surface area contributed by atoms with Crippen LogP contribution in [0.25, 0.3) is 0 Å². The predicted molar refractivity (Wildman–Crippen MR) is 102 cm³/mol. The van der Waals surface area contributed by atoms with Crippen molar-refractivity contribution in [3.05, 3.63) is 58.1 Å². The van der Waals surface area contributed by atoms with Crippen LogP contribution in [0, 0.1) is 0 Å². The SMILES string of the molecule is COc1cc(C2NC(C(=O)O)CS2)ccc1OC(=O)c1ccc(Br)cc1. The summed E-state index contributed by atoms with van der Waals surface area (Å²) in [7, 11) is 1.49. The summed E-state index contributed by atoms with van der Waals surface area (Å²) in [5.74, 6) is -0.145. The van der Waals surface area contributed by atoms with Crippen molar-refractivity contribution < 1.29 is 24.2 Å². The van der Waals surface area contributed by atoms with Gasteiger partial charge in [-0.05, 0) is 42.0 Å². The van der Waals surface area contributed by atoms with E-state index in [1.165, 1.54) is 18.9 Å². The number of hydrogen-bond acceptors (Lipinski definition) is 6. The molecule has 136 valence electrons. The van der Waals surface area contributed by atoms with Gasteiger partial charge in [-0.25, -0.2) is 4.79 Å². The van der Waals surface area contributed by atoms with Gasteiger partial charge in [-0.1, -0.05) is 22.0 Å². The third-order valence-corrected chi connectivity index (χ3v) is 5.65. The van der Waals surface area contributed by atoms with Crippen LogP contribution in [0.5, 0.6) is 11.5 Å². The number of carbonyl (C=O) groups excluding carboxylic acids is 1. The minimum atomic E-state index is -0.869. The third kappa shape index (κ3) is 4.20. The van der Waals surface area contributed by atoms with Crippen molar-refractivity contribution in [2.45, 2.75) is 11.4 Å². The van der Waals surface area contributed by atoms with Gasteiger partial charge < -0.3 is 14.6 Å². The molecule has 0 radical (unpaired) electrons. The smallest absolute Gasteiger partial charge is 0.343 e. The highest BCUT2D eigenvalue weighted by molar-refractivity contribution is 9.10. The number of benzene rings is 2. The Hall–Kier alpha value is -2.03. The van der Waals surface area contributed by atoms with Gasteiger partial charge in [-0.2, -0.15) is 0 Å². The molecule has 1 aliphatic heterocycles. The van der Waals surface area contributed by atoms with Crippen molar-refractivity contribution in [3.8, 4) is 11.5 Å². The van der Waals surface area contributed by atoms with E-state index in [0.29, 0.717) is 22.8 Å². The largest absolute Gasteiger partial charge is 0.493 e. The molecule has 2 aromatic carbocycles. The number of esters is 1. The lowest BCUT2D eigenvalue weighted by atomic mass is 10.2. The Bertz CT molecular complexity index is 827. The highest BCUT2D eigenvalue weighted by Gasteiger charge is 2.30. The summed E-state index contributed by atoms with van der Waals surface area (Å²) in [6.45, 7) is 0. The Morgan fingerprint density at radius 1 is 1.19 bits per heavy atom. The highest BCUT2D eigenvalue weighted by Crippen LogP contribution is 2.37. The van der Waals surface area contributed by atoms with Crippen LogP contribution in [-0.4, -0.2) is 35.9 Å². The van der Waals surface area contributed by atoms with Crippen LogP contribution in [0.4, 0.5) is 0 Å². The molecule has 2 atom stereocenters. The van der Waals surface area contributed by atoms with Crippen LogP contribution >= 0.6 is 27.7 Å². The molecule has 0 aliphatic carbocycles. The lowest BCUT2D eigenvalue weighted by molar-refractivity contribution is -0.138. The number of carboxylic acids is 1. The predicted octanol–water partition coefficient (Wildman–Crippen LogP) is 3.47. The molecule has 0 amide bonds. The minimum absolute atomic E-state index is 0.152. The van der Waals surface area contributed by atoms with Crippen molar-refractivity contribution >= 4 is 39.6 Å². The number of methoxy groups -OCH3 is 1. The monoisotopic (exact) mass is 437 g/mol. The number of rotatable bonds is 5. The number of nitrogens with one attached hydrogen (secondary N) is 1. The second-order valence-corrected chi connectivity index (χ2v) is 7.63. The van der Waals surface area contributed by atoms with Gasteiger partial charge in [0.1, 0.15) is 6.04 Å². The molecule has 0 spiro atoms. The fourth-order valence-corrected chi connectivity index (χ4v) is 3.97. The summed E-state index contributed by atoms with van der Waals surface area (Å²) in [5, 5.41) is 12.0. The fourth-order valence-electron chi connectivity index (χ4n) is 2.48. The zero-order valence-electron chi connectivity index (χ0n) is 13.8. The van der Waals surface area contributed by atoms with Gasteiger partial charge in [-0.15, -0.1) is 11.8 Å². The Kier molecular flexibility index (Phi) is 5.85. The Morgan fingerprint density at radius 3 is 2.54 bits per heavy atom. The van der Waals surface area contributed by atoms with Crippen LogP contribution in [0.2, 0.25) is 0 Å². The summed E-state index contributed by atoms with van der Waals surface area (Å²) < 4.78 is 11.6. The van der Waals surface area contributed by atoms with Crippen LogP contribution in [-0.2, 0) is 4.79 Å². The Labute approximate surface area is 163 Å². The lowest BCUT2D eigenvalue weighted by Crippen LogP contribution is -2.33. The molecule has 1 saturated heterocycles. The van der Waals surface area contributed by atoms with Gasteiger partial charge in [0.2, 0.25) is 0 Å². The summed E-state index contributed by atoms with van der Waals surface area (Å²) in [6.07, 6.45) is 0. The van der Waals surface area contributed by atoms with Gasteiger partial charge in [0, 0.05) is 10.2 Å². The van der Waals surface area contributed by atoms with E-state index in [9.17, 15) is 9.59 Å². The Morgan fingerprint density at radius 2 is 1.92 bits per heavy atom. The van der Waals surface area contributed by atoms with Crippen molar-refractivity contribution in [2.75, 3.05) is 12.9 Å². The van der Waals surface area contributed by atoms with E-state index in [-0.39, 0.29) is 5.37 Å². The first kappa shape index (κ1) is 18.8. The van der Waals surface area contributed by atoms with Crippen LogP contribution < -0.4 is 14.8 Å². The summed E-state index contributed by atoms with van der Waals surface area (Å²) >= 11 is 4.83. The van der Waals surface area contributed by atoms with E-state index in [1.807, 2.05) is 0 Å². The Balaban J connectivity index is 1.76. The number of carboxylic acid groups (broad SMARTS) is 1. The molecule has 6 nitrogen and oxygen atoms in total. The van der Waals surface area contributed by atoms with Gasteiger partial charge in [0.25, 0.3) is 0 Å². The summed E-state index contributed by atoms with van der Waals surface area (Å²) in [4.78, 5) is 23.3. The fraction of sp³-hybridized carbons (Fsp3) is 0.222. The van der Waals surface area contributed by atoms with Crippen LogP contribution in [0.1, 0.15) is 21.3 Å². The second kappa shape index (κ2) is 8.11. The normalized spacial score (nSPS) is 19.2. The maximum Gasteiger partial charge on any atom is 0.343 e. The zero-order chi connectivity index (χ0) is 18.7. The molecule has 8 heteroatoms. The summed E-state index contributed by atoms with van der Waals surface area (Å²) in [6, 6.07) is 11.5. The van der Waals surface area contributed by atoms with E-state index in [2.05, 4.69) is 21.2 Å². The molecule has 2 aromatic rings. The number of hydrogen-bond donors (Lipinski definition) is 2.